The van der Waals surface area contributed by atoms with E-state index in [1.807, 2.05) is 19.0 Å². The number of carboxylic acids is 1. The lowest BCUT2D eigenvalue weighted by Crippen LogP contribution is -2.48. The molecule has 0 aromatic rings. The number of carbonyl (C=O) groups is 1. The minimum absolute atomic E-state index is 0.285. The summed E-state index contributed by atoms with van der Waals surface area (Å²) < 4.78 is 0. The molecule has 0 aromatic carbocycles. The fourth-order valence-electron chi connectivity index (χ4n) is 5.21. The summed E-state index contributed by atoms with van der Waals surface area (Å²) in [6.45, 7) is 0. The van der Waals surface area contributed by atoms with E-state index in [0.717, 1.165) is 30.1 Å². The largest absolute Gasteiger partial charge is 0.480 e. The molecule has 1 atom stereocenters. The van der Waals surface area contributed by atoms with E-state index in [1.165, 1.54) is 32.1 Å². The lowest BCUT2D eigenvalue weighted by molar-refractivity contribution is -0.144. The second-order valence-corrected chi connectivity index (χ2v) is 7.15. The predicted octanol–water partition coefficient (Wildman–Crippen LogP) is 2.46. The van der Waals surface area contributed by atoms with Gasteiger partial charge in [-0.1, -0.05) is 0 Å². The minimum atomic E-state index is -0.645. The number of hydrogen-bond donors (Lipinski definition) is 1. The van der Waals surface area contributed by atoms with Crippen LogP contribution in [0.2, 0.25) is 0 Å². The minimum Gasteiger partial charge on any atom is -0.480 e. The highest BCUT2D eigenvalue weighted by molar-refractivity contribution is 5.73. The Morgan fingerprint density at radius 1 is 1.11 bits per heavy atom. The molecule has 0 heterocycles. The Labute approximate surface area is 110 Å². The zero-order valence-electron chi connectivity index (χ0n) is 11.5. The molecule has 0 radical (unpaired) electrons. The van der Waals surface area contributed by atoms with E-state index < -0.39 is 5.97 Å². The van der Waals surface area contributed by atoms with Crippen molar-refractivity contribution in [3.05, 3.63) is 0 Å². The van der Waals surface area contributed by atoms with Crippen LogP contribution in [0.25, 0.3) is 0 Å². The molecule has 4 rings (SSSR count). The van der Waals surface area contributed by atoms with E-state index in [1.54, 1.807) is 0 Å². The molecule has 3 heteroatoms. The molecule has 4 bridgehead atoms. The van der Waals surface area contributed by atoms with E-state index in [4.69, 9.17) is 0 Å². The SMILES string of the molecule is CN(C)C(CC1C2CC3CC(C2)CC1C3)C(=O)O. The molecule has 0 aliphatic heterocycles. The number of aliphatic carboxylic acids is 1. The van der Waals surface area contributed by atoms with Crippen LogP contribution >= 0.6 is 0 Å². The summed E-state index contributed by atoms with van der Waals surface area (Å²) in [5.41, 5.74) is 0. The molecule has 4 saturated carbocycles. The van der Waals surface area contributed by atoms with Crippen LogP contribution in [-0.4, -0.2) is 36.1 Å². The second-order valence-electron chi connectivity index (χ2n) is 7.15. The molecule has 4 fully saturated rings. The maximum Gasteiger partial charge on any atom is 0.320 e. The van der Waals surface area contributed by atoms with Crippen LogP contribution in [0, 0.1) is 29.6 Å². The molecule has 3 nitrogen and oxygen atoms in total. The van der Waals surface area contributed by atoms with E-state index >= 15 is 0 Å². The zero-order chi connectivity index (χ0) is 12.9. The highest BCUT2D eigenvalue weighted by Gasteiger charge is 2.48. The summed E-state index contributed by atoms with van der Waals surface area (Å²) in [6, 6.07) is -0.285. The van der Waals surface area contributed by atoms with Crippen LogP contribution in [0.1, 0.15) is 38.5 Å². The van der Waals surface area contributed by atoms with E-state index in [9.17, 15) is 9.90 Å². The van der Waals surface area contributed by atoms with Crippen LogP contribution in [0.15, 0.2) is 0 Å². The van der Waals surface area contributed by atoms with Crippen LogP contribution in [0.4, 0.5) is 0 Å². The molecule has 1 unspecified atom stereocenters. The van der Waals surface area contributed by atoms with Crippen molar-refractivity contribution in [1.29, 1.82) is 0 Å². The molecule has 4 aliphatic rings. The Bertz CT molecular complexity index is 311. The fraction of sp³-hybridized carbons (Fsp3) is 0.933. The van der Waals surface area contributed by atoms with Crippen molar-refractivity contribution < 1.29 is 9.90 Å². The normalized spacial score (nSPS) is 43.4. The first kappa shape index (κ1) is 12.5. The number of likely N-dealkylation sites (N-methyl/N-ethyl adjacent to an activating group) is 1. The summed E-state index contributed by atoms with van der Waals surface area (Å²) in [5.74, 6) is 3.67. The molecule has 0 aromatic heterocycles. The highest BCUT2D eigenvalue weighted by atomic mass is 16.4. The Hall–Kier alpha value is -0.570. The molecule has 102 valence electrons. The standard InChI is InChI=1S/C15H25NO2/c1-16(2)14(15(17)18)8-13-11-4-9-3-10(6-11)7-12(13)5-9/h9-14H,3-8H2,1-2H3,(H,17,18). The Morgan fingerprint density at radius 2 is 1.61 bits per heavy atom. The van der Waals surface area contributed by atoms with E-state index in [2.05, 4.69) is 0 Å². The Balaban J connectivity index is 1.71. The number of carboxylic acid groups (broad SMARTS) is 1. The number of nitrogens with zero attached hydrogens (tertiary/aromatic N) is 1. The van der Waals surface area contributed by atoms with Crippen LogP contribution in [0.3, 0.4) is 0 Å². The van der Waals surface area contributed by atoms with Crippen molar-refractivity contribution >= 4 is 5.97 Å². The van der Waals surface area contributed by atoms with Gasteiger partial charge < -0.3 is 5.11 Å². The van der Waals surface area contributed by atoms with Crippen molar-refractivity contribution in [2.24, 2.45) is 29.6 Å². The van der Waals surface area contributed by atoms with Gasteiger partial charge >= 0.3 is 5.97 Å². The van der Waals surface area contributed by atoms with Gasteiger partial charge in [-0.15, -0.1) is 0 Å². The first-order chi connectivity index (χ1) is 8.54. The summed E-state index contributed by atoms with van der Waals surface area (Å²) in [4.78, 5) is 13.2. The van der Waals surface area contributed by atoms with Gasteiger partial charge in [0.25, 0.3) is 0 Å². The molecular weight excluding hydrogens is 226 g/mol. The van der Waals surface area contributed by atoms with Gasteiger partial charge in [0.05, 0.1) is 0 Å². The molecule has 0 amide bonds. The summed E-state index contributed by atoms with van der Waals surface area (Å²) >= 11 is 0. The third-order valence-corrected chi connectivity index (χ3v) is 5.83. The smallest absolute Gasteiger partial charge is 0.320 e. The average Bonchev–Trinajstić information content (AvgIpc) is 2.25. The lowest BCUT2D eigenvalue weighted by atomic mass is 9.51. The number of rotatable bonds is 4. The van der Waals surface area contributed by atoms with Crippen LogP contribution in [0.5, 0.6) is 0 Å². The maximum atomic E-state index is 11.4. The Morgan fingerprint density at radius 3 is 2.00 bits per heavy atom. The van der Waals surface area contributed by atoms with Gasteiger partial charge in [0, 0.05) is 0 Å². The average molecular weight is 251 g/mol. The van der Waals surface area contributed by atoms with Crippen LogP contribution in [-0.2, 0) is 4.79 Å². The molecule has 1 N–H and O–H groups in total. The van der Waals surface area contributed by atoms with Gasteiger partial charge in [-0.2, -0.15) is 0 Å². The summed E-state index contributed by atoms with van der Waals surface area (Å²) in [6.07, 6.45) is 7.89. The van der Waals surface area contributed by atoms with Crippen LogP contribution < -0.4 is 0 Å². The molecule has 0 saturated heterocycles. The second kappa shape index (κ2) is 4.52. The van der Waals surface area contributed by atoms with Gasteiger partial charge in [0.1, 0.15) is 6.04 Å². The topological polar surface area (TPSA) is 40.5 Å². The molecule has 0 spiro atoms. The fourth-order valence-corrected chi connectivity index (χ4v) is 5.21. The highest BCUT2D eigenvalue weighted by Crippen LogP contribution is 2.57. The van der Waals surface area contributed by atoms with Crippen molar-refractivity contribution in [3.63, 3.8) is 0 Å². The lowest BCUT2D eigenvalue weighted by Gasteiger charge is -2.55. The van der Waals surface area contributed by atoms with Crippen molar-refractivity contribution in [1.82, 2.24) is 4.90 Å². The quantitative estimate of drug-likeness (QED) is 0.834. The number of hydrogen-bond acceptors (Lipinski definition) is 2. The first-order valence-electron chi connectivity index (χ1n) is 7.43. The third-order valence-electron chi connectivity index (χ3n) is 5.83. The van der Waals surface area contributed by atoms with Gasteiger partial charge in [0.2, 0.25) is 0 Å². The molecule has 18 heavy (non-hydrogen) atoms. The van der Waals surface area contributed by atoms with Gasteiger partial charge in [0.15, 0.2) is 0 Å². The van der Waals surface area contributed by atoms with Gasteiger partial charge in [-0.3, -0.25) is 9.69 Å². The maximum absolute atomic E-state index is 11.4. The Kier molecular flexibility index (Phi) is 3.13. The monoisotopic (exact) mass is 251 g/mol. The van der Waals surface area contributed by atoms with Crippen molar-refractivity contribution in [3.8, 4) is 0 Å². The zero-order valence-corrected chi connectivity index (χ0v) is 11.5. The molecular formula is C15H25NO2. The van der Waals surface area contributed by atoms with E-state index in [0.29, 0.717) is 5.92 Å². The summed E-state index contributed by atoms with van der Waals surface area (Å²) in [7, 11) is 3.80. The van der Waals surface area contributed by atoms with Crippen molar-refractivity contribution in [2.75, 3.05) is 14.1 Å². The molecule has 4 aliphatic carbocycles. The van der Waals surface area contributed by atoms with E-state index in [-0.39, 0.29) is 6.04 Å². The first-order valence-corrected chi connectivity index (χ1v) is 7.43. The van der Waals surface area contributed by atoms with Gasteiger partial charge in [-0.25, -0.2) is 0 Å². The summed E-state index contributed by atoms with van der Waals surface area (Å²) in [5, 5.41) is 9.36. The third kappa shape index (κ3) is 2.07. The predicted molar refractivity (Wildman–Crippen MR) is 70.3 cm³/mol. The van der Waals surface area contributed by atoms with Crippen molar-refractivity contribution in [2.45, 2.75) is 44.6 Å². The van der Waals surface area contributed by atoms with Gasteiger partial charge in [-0.05, 0) is 82.2 Å².